The molecule has 0 unspecified atom stereocenters. The summed E-state index contributed by atoms with van der Waals surface area (Å²) in [6.45, 7) is 1.47. The SMILES string of the molecule is CCCCCCC(=O)NCCOC(=O)C(F)(F)F. The van der Waals surface area contributed by atoms with E-state index < -0.39 is 18.8 Å². The second-order valence-electron chi connectivity index (χ2n) is 3.79. The van der Waals surface area contributed by atoms with Gasteiger partial charge in [0.2, 0.25) is 5.91 Å². The Hall–Kier alpha value is -1.27. The van der Waals surface area contributed by atoms with Gasteiger partial charge in [-0.15, -0.1) is 0 Å². The summed E-state index contributed by atoms with van der Waals surface area (Å²) < 4.78 is 39.1. The summed E-state index contributed by atoms with van der Waals surface area (Å²) in [5, 5.41) is 2.38. The summed E-state index contributed by atoms with van der Waals surface area (Å²) in [7, 11) is 0. The van der Waals surface area contributed by atoms with Gasteiger partial charge in [-0.3, -0.25) is 4.79 Å². The van der Waals surface area contributed by atoms with E-state index in [1.807, 2.05) is 0 Å². The van der Waals surface area contributed by atoms with Gasteiger partial charge < -0.3 is 10.1 Å². The van der Waals surface area contributed by atoms with E-state index in [0.717, 1.165) is 25.7 Å². The number of carbonyl (C=O) groups excluding carboxylic acids is 2. The molecule has 0 saturated carbocycles. The molecule has 1 amide bonds. The Labute approximate surface area is 104 Å². The second kappa shape index (κ2) is 8.77. The molecule has 0 atom stereocenters. The number of alkyl halides is 3. The van der Waals surface area contributed by atoms with Crippen molar-refractivity contribution in [2.24, 2.45) is 0 Å². The van der Waals surface area contributed by atoms with Crippen LogP contribution in [0.3, 0.4) is 0 Å². The lowest BCUT2D eigenvalue weighted by molar-refractivity contribution is -0.199. The summed E-state index contributed by atoms with van der Waals surface area (Å²) in [5.41, 5.74) is 0. The van der Waals surface area contributed by atoms with E-state index >= 15 is 0 Å². The van der Waals surface area contributed by atoms with Crippen LogP contribution in [0, 0.1) is 0 Å². The first-order valence-electron chi connectivity index (χ1n) is 5.88. The topological polar surface area (TPSA) is 55.4 Å². The van der Waals surface area contributed by atoms with Gasteiger partial charge in [0.1, 0.15) is 6.61 Å². The van der Waals surface area contributed by atoms with E-state index in [4.69, 9.17) is 0 Å². The molecule has 0 aliphatic carbocycles. The van der Waals surface area contributed by atoms with Gasteiger partial charge >= 0.3 is 12.1 Å². The van der Waals surface area contributed by atoms with E-state index in [0.29, 0.717) is 6.42 Å². The number of nitrogens with one attached hydrogen (secondary N) is 1. The number of hydrogen-bond acceptors (Lipinski definition) is 3. The highest BCUT2D eigenvalue weighted by Crippen LogP contribution is 2.15. The Morgan fingerprint density at radius 3 is 2.39 bits per heavy atom. The fourth-order valence-corrected chi connectivity index (χ4v) is 1.22. The molecule has 0 bridgehead atoms. The molecule has 0 rings (SSSR count). The van der Waals surface area contributed by atoms with Gasteiger partial charge in [0.15, 0.2) is 0 Å². The first kappa shape index (κ1) is 16.7. The van der Waals surface area contributed by atoms with Gasteiger partial charge in [-0.25, -0.2) is 4.79 Å². The van der Waals surface area contributed by atoms with Crippen molar-refractivity contribution in [3.05, 3.63) is 0 Å². The highest BCUT2D eigenvalue weighted by atomic mass is 19.4. The summed E-state index contributed by atoms with van der Waals surface area (Å²) in [6, 6.07) is 0. The zero-order chi connectivity index (χ0) is 14.0. The summed E-state index contributed by atoms with van der Waals surface area (Å²) in [6.07, 6.45) is -0.822. The van der Waals surface area contributed by atoms with Crippen LogP contribution in [0.4, 0.5) is 13.2 Å². The van der Waals surface area contributed by atoms with Crippen molar-refractivity contribution >= 4 is 11.9 Å². The predicted octanol–water partition coefficient (Wildman–Crippen LogP) is 2.18. The maximum absolute atomic E-state index is 11.7. The maximum atomic E-state index is 11.7. The van der Waals surface area contributed by atoms with Crippen molar-refractivity contribution < 1.29 is 27.5 Å². The molecule has 7 heteroatoms. The maximum Gasteiger partial charge on any atom is 0.490 e. The van der Waals surface area contributed by atoms with Gasteiger partial charge in [0.25, 0.3) is 0 Å². The molecule has 0 heterocycles. The third kappa shape index (κ3) is 8.83. The first-order valence-corrected chi connectivity index (χ1v) is 5.88. The number of carbonyl (C=O) groups is 2. The Kier molecular flexibility index (Phi) is 8.15. The molecule has 1 N–H and O–H groups in total. The molecule has 0 aromatic heterocycles. The molecule has 0 aromatic carbocycles. The fraction of sp³-hybridized carbons (Fsp3) is 0.818. The number of unbranched alkanes of at least 4 members (excludes halogenated alkanes) is 3. The molecule has 18 heavy (non-hydrogen) atoms. The fourth-order valence-electron chi connectivity index (χ4n) is 1.22. The number of halogens is 3. The highest BCUT2D eigenvalue weighted by molar-refractivity contribution is 5.76. The van der Waals surface area contributed by atoms with Crippen molar-refractivity contribution in [3.8, 4) is 0 Å². The first-order chi connectivity index (χ1) is 8.38. The number of esters is 1. The van der Waals surface area contributed by atoms with Crippen LogP contribution in [0.2, 0.25) is 0 Å². The van der Waals surface area contributed by atoms with E-state index in [1.165, 1.54) is 0 Å². The van der Waals surface area contributed by atoms with Crippen LogP contribution in [0.25, 0.3) is 0 Å². The number of rotatable bonds is 8. The second-order valence-corrected chi connectivity index (χ2v) is 3.79. The molecule has 0 spiro atoms. The molecular weight excluding hydrogens is 251 g/mol. The lowest BCUT2D eigenvalue weighted by atomic mass is 10.1. The molecule has 106 valence electrons. The molecule has 0 aliphatic heterocycles. The Balaban J connectivity index is 3.49. The smallest absolute Gasteiger partial charge is 0.457 e. The highest BCUT2D eigenvalue weighted by Gasteiger charge is 2.40. The minimum absolute atomic E-state index is 0.103. The van der Waals surface area contributed by atoms with Crippen LogP contribution in [0.15, 0.2) is 0 Å². The van der Waals surface area contributed by atoms with Gasteiger partial charge in [0, 0.05) is 6.42 Å². The monoisotopic (exact) mass is 269 g/mol. The van der Waals surface area contributed by atoms with Crippen LogP contribution in [0.5, 0.6) is 0 Å². The van der Waals surface area contributed by atoms with Crippen molar-refractivity contribution in [3.63, 3.8) is 0 Å². The number of hydrogen-bond donors (Lipinski definition) is 1. The summed E-state index contributed by atoms with van der Waals surface area (Å²) in [5.74, 6) is -2.48. The predicted molar refractivity (Wildman–Crippen MR) is 58.8 cm³/mol. The van der Waals surface area contributed by atoms with E-state index in [2.05, 4.69) is 17.0 Å². The third-order valence-corrected chi connectivity index (χ3v) is 2.15. The van der Waals surface area contributed by atoms with Crippen LogP contribution in [-0.4, -0.2) is 31.2 Å². The summed E-state index contributed by atoms with van der Waals surface area (Å²) >= 11 is 0. The van der Waals surface area contributed by atoms with E-state index in [1.54, 1.807) is 0 Å². The van der Waals surface area contributed by atoms with E-state index in [9.17, 15) is 22.8 Å². The average molecular weight is 269 g/mol. The lowest BCUT2D eigenvalue weighted by Gasteiger charge is -2.08. The minimum atomic E-state index is -4.98. The van der Waals surface area contributed by atoms with Crippen molar-refractivity contribution in [2.75, 3.05) is 13.2 Å². The van der Waals surface area contributed by atoms with Gasteiger partial charge in [-0.2, -0.15) is 13.2 Å². The van der Waals surface area contributed by atoms with Crippen LogP contribution in [0.1, 0.15) is 39.0 Å². The van der Waals surface area contributed by atoms with Crippen molar-refractivity contribution in [1.29, 1.82) is 0 Å². The van der Waals surface area contributed by atoms with Crippen molar-refractivity contribution in [1.82, 2.24) is 5.32 Å². The minimum Gasteiger partial charge on any atom is -0.457 e. The lowest BCUT2D eigenvalue weighted by Crippen LogP contribution is -2.31. The largest absolute Gasteiger partial charge is 0.490 e. The molecule has 0 fully saturated rings. The van der Waals surface area contributed by atoms with Crippen LogP contribution >= 0.6 is 0 Å². The molecule has 4 nitrogen and oxygen atoms in total. The Morgan fingerprint density at radius 2 is 1.83 bits per heavy atom. The standard InChI is InChI=1S/C11H18F3NO3/c1-2-3-4-5-6-9(16)15-7-8-18-10(17)11(12,13)14/h2-8H2,1H3,(H,15,16). The summed E-state index contributed by atoms with van der Waals surface area (Å²) in [4.78, 5) is 21.5. The molecule has 0 aromatic rings. The average Bonchev–Trinajstić information content (AvgIpc) is 2.28. The number of ether oxygens (including phenoxy) is 1. The zero-order valence-corrected chi connectivity index (χ0v) is 10.3. The number of amides is 1. The third-order valence-electron chi connectivity index (χ3n) is 2.15. The molecule has 0 saturated heterocycles. The molecular formula is C11H18F3NO3. The quantitative estimate of drug-likeness (QED) is 0.543. The van der Waals surface area contributed by atoms with Gasteiger partial charge in [-0.1, -0.05) is 26.2 Å². The zero-order valence-electron chi connectivity index (χ0n) is 10.3. The van der Waals surface area contributed by atoms with E-state index in [-0.39, 0.29) is 12.5 Å². The van der Waals surface area contributed by atoms with Crippen LogP contribution in [-0.2, 0) is 14.3 Å². The Morgan fingerprint density at radius 1 is 1.17 bits per heavy atom. The van der Waals surface area contributed by atoms with Crippen LogP contribution < -0.4 is 5.32 Å². The van der Waals surface area contributed by atoms with Crippen molar-refractivity contribution in [2.45, 2.75) is 45.2 Å². The molecule has 0 radical (unpaired) electrons. The normalized spacial score (nSPS) is 11.1. The van der Waals surface area contributed by atoms with Gasteiger partial charge in [0.05, 0.1) is 6.54 Å². The van der Waals surface area contributed by atoms with Gasteiger partial charge in [-0.05, 0) is 6.42 Å². The Bertz CT molecular complexity index is 267. The molecule has 0 aliphatic rings.